The minimum atomic E-state index is -3.57. The Balaban J connectivity index is 1.88. The molecule has 1 aromatic carbocycles. The van der Waals surface area contributed by atoms with Crippen LogP contribution in [0.15, 0.2) is 23.1 Å². The maximum absolute atomic E-state index is 12.3. The third-order valence-corrected chi connectivity index (χ3v) is 5.75. The average molecular weight is 297 g/mol. The predicted molar refractivity (Wildman–Crippen MR) is 69.7 cm³/mol. The summed E-state index contributed by atoms with van der Waals surface area (Å²) in [6, 6.07) is 4.78. The molecule has 1 aromatic rings. The lowest BCUT2D eigenvalue weighted by molar-refractivity contribution is -0.141. The fraction of sp³-hybridized carbons (Fsp3) is 0.462. The minimum absolute atomic E-state index is 0.122. The number of β-amino-alcohol motifs (C(OH)–C–C–N with tert-alkyl or cyclic N) is 1. The maximum atomic E-state index is 12.3. The monoisotopic (exact) mass is 297 g/mol. The van der Waals surface area contributed by atoms with Gasteiger partial charge in [0, 0.05) is 13.1 Å². The van der Waals surface area contributed by atoms with Gasteiger partial charge in [0.2, 0.25) is 10.0 Å². The zero-order valence-electron chi connectivity index (χ0n) is 10.7. The van der Waals surface area contributed by atoms with Crippen molar-refractivity contribution in [2.24, 2.45) is 5.92 Å². The van der Waals surface area contributed by atoms with E-state index in [1.54, 1.807) is 12.1 Å². The van der Waals surface area contributed by atoms with Gasteiger partial charge >= 0.3 is 5.97 Å². The van der Waals surface area contributed by atoms with Crippen LogP contribution < -0.4 is 0 Å². The molecule has 1 saturated heterocycles. The molecule has 2 aliphatic rings. The maximum Gasteiger partial charge on any atom is 0.307 e. The summed E-state index contributed by atoms with van der Waals surface area (Å²) in [6.07, 6.45) is 0.236. The van der Waals surface area contributed by atoms with Crippen LogP contribution in [0.5, 0.6) is 0 Å². The van der Waals surface area contributed by atoms with Crippen LogP contribution >= 0.6 is 0 Å². The van der Waals surface area contributed by atoms with Crippen molar-refractivity contribution in [3.8, 4) is 0 Å². The summed E-state index contributed by atoms with van der Waals surface area (Å²) in [7, 11) is -3.57. The number of rotatable bonds is 3. The van der Waals surface area contributed by atoms with E-state index >= 15 is 0 Å². The Labute approximate surface area is 116 Å². The van der Waals surface area contributed by atoms with Crippen molar-refractivity contribution in [3.05, 3.63) is 29.3 Å². The number of carbonyl (C=O) groups is 1. The highest BCUT2D eigenvalue weighted by Crippen LogP contribution is 2.30. The van der Waals surface area contributed by atoms with Crippen molar-refractivity contribution in [1.29, 1.82) is 0 Å². The summed E-state index contributed by atoms with van der Waals surface area (Å²) in [5.74, 6) is -1.31. The number of aliphatic carboxylic acids is 1. The molecular formula is C13H15NO5S. The SMILES string of the molecule is O=C(O)C1Cc2ccc(S(=O)(=O)N3CC(O)C3)cc2C1. The second kappa shape index (κ2) is 4.54. The lowest BCUT2D eigenvalue weighted by Crippen LogP contribution is -2.53. The zero-order chi connectivity index (χ0) is 14.5. The molecule has 1 unspecified atom stereocenters. The first-order valence-electron chi connectivity index (χ1n) is 6.41. The van der Waals surface area contributed by atoms with E-state index in [1.165, 1.54) is 10.4 Å². The number of aliphatic hydroxyl groups is 1. The molecule has 20 heavy (non-hydrogen) atoms. The predicted octanol–water partition coefficient (Wildman–Crippen LogP) is -0.149. The number of carboxylic acid groups (broad SMARTS) is 1. The van der Waals surface area contributed by atoms with Gasteiger partial charge in [0.15, 0.2) is 0 Å². The van der Waals surface area contributed by atoms with Gasteiger partial charge in [-0.15, -0.1) is 0 Å². The van der Waals surface area contributed by atoms with Crippen molar-refractivity contribution in [2.75, 3.05) is 13.1 Å². The molecule has 7 heteroatoms. The van der Waals surface area contributed by atoms with Crippen LogP contribution in [0.25, 0.3) is 0 Å². The van der Waals surface area contributed by atoms with Crippen LogP contribution in [-0.4, -0.2) is 48.1 Å². The van der Waals surface area contributed by atoms with E-state index in [4.69, 9.17) is 5.11 Å². The number of fused-ring (bicyclic) bond motifs is 1. The number of hydrogen-bond donors (Lipinski definition) is 2. The molecule has 1 fully saturated rings. The van der Waals surface area contributed by atoms with Gasteiger partial charge in [0.05, 0.1) is 16.9 Å². The Kier molecular flexibility index (Phi) is 3.07. The van der Waals surface area contributed by atoms with Gasteiger partial charge in [0.25, 0.3) is 0 Å². The number of carboxylic acids is 1. The van der Waals surface area contributed by atoms with Gasteiger partial charge in [-0.3, -0.25) is 4.79 Å². The molecule has 2 N–H and O–H groups in total. The zero-order valence-corrected chi connectivity index (χ0v) is 11.5. The fourth-order valence-electron chi connectivity index (χ4n) is 2.69. The van der Waals surface area contributed by atoms with E-state index in [-0.39, 0.29) is 18.0 Å². The van der Waals surface area contributed by atoms with E-state index in [0.29, 0.717) is 12.8 Å². The van der Waals surface area contributed by atoms with Gasteiger partial charge in [-0.05, 0) is 36.1 Å². The Morgan fingerprint density at radius 1 is 1.20 bits per heavy atom. The summed E-state index contributed by atoms with van der Waals surface area (Å²) in [6.45, 7) is 0.244. The largest absolute Gasteiger partial charge is 0.481 e. The van der Waals surface area contributed by atoms with Crippen molar-refractivity contribution in [2.45, 2.75) is 23.8 Å². The molecule has 1 aliphatic heterocycles. The van der Waals surface area contributed by atoms with Gasteiger partial charge in [-0.1, -0.05) is 6.07 Å². The number of sulfonamides is 1. The number of benzene rings is 1. The highest BCUT2D eigenvalue weighted by Gasteiger charge is 2.36. The van der Waals surface area contributed by atoms with E-state index in [0.717, 1.165) is 11.1 Å². The van der Waals surface area contributed by atoms with Crippen molar-refractivity contribution < 1.29 is 23.4 Å². The van der Waals surface area contributed by atoms with Crippen LogP contribution in [0.2, 0.25) is 0 Å². The smallest absolute Gasteiger partial charge is 0.307 e. The molecule has 1 heterocycles. The Hall–Kier alpha value is -1.44. The fourth-order valence-corrected chi connectivity index (χ4v) is 4.26. The van der Waals surface area contributed by atoms with Gasteiger partial charge < -0.3 is 10.2 Å². The molecule has 1 atom stereocenters. The Morgan fingerprint density at radius 2 is 1.85 bits per heavy atom. The second-order valence-corrected chi connectivity index (χ2v) is 7.29. The first-order valence-corrected chi connectivity index (χ1v) is 7.85. The van der Waals surface area contributed by atoms with Crippen molar-refractivity contribution in [3.63, 3.8) is 0 Å². The molecule has 0 aromatic heterocycles. The average Bonchev–Trinajstić information content (AvgIpc) is 2.77. The molecule has 0 spiro atoms. The number of nitrogens with zero attached hydrogens (tertiary/aromatic N) is 1. The summed E-state index contributed by atoms with van der Waals surface area (Å²) in [5, 5.41) is 18.2. The molecule has 0 bridgehead atoms. The van der Waals surface area contributed by atoms with Crippen LogP contribution in [0.1, 0.15) is 11.1 Å². The topological polar surface area (TPSA) is 94.9 Å². The quantitative estimate of drug-likeness (QED) is 0.809. The van der Waals surface area contributed by atoms with Crippen molar-refractivity contribution >= 4 is 16.0 Å². The number of aliphatic hydroxyl groups excluding tert-OH is 1. The van der Waals surface area contributed by atoms with Gasteiger partial charge in [-0.25, -0.2) is 8.42 Å². The first-order chi connectivity index (χ1) is 9.38. The van der Waals surface area contributed by atoms with Crippen LogP contribution in [0.4, 0.5) is 0 Å². The third-order valence-electron chi connectivity index (χ3n) is 3.93. The van der Waals surface area contributed by atoms with Gasteiger partial charge in [0.1, 0.15) is 0 Å². The molecule has 0 saturated carbocycles. The lowest BCUT2D eigenvalue weighted by Gasteiger charge is -2.34. The van der Waals surface area contributed by atoms with Crippen LogP contribution in [0, 0.1) is 5.92 Å². The second-order valence-electron chi connectivity index (χ2n) is 5.35. The summed E-state index contributed by atoms with van der Waals surface area (Å²) >= 11 is 0. The number of hydrogen-bond acceptors (Lipinski definition) is 4. The summed E-state index contributed by atoms with van der Waals surface area (Å²) in [5.41, 5.74) is 1.69. The highest BCUT2D eigenvalue weighted by atomic mass is 32.2. The van der Waals surface area contributed by atoms with Crippen molar-refractivity contribution in [1.82, 2.24) is 4.31 Å². The molecular weight excluding hydrogens is 282 g/mol. The van der Waals surface area contributed by atoms with E-state index < -0.39 is 28.0 Å². The molecule has 108 valence electrons. The third kappa shape index (κ3) is 2.11. The molecule has 0 radical (unpaired) electrons. The standard InChI is InChI=1S/C13H15NO5S/c15-11-6-14(7-11)20(18,19)12-2-1-8-3-10(13(16)17)4-9(8)5-12/h1-2,5,10-11,15H,3-4,6-7H2,(H,16,17). The van der Waals surface area contributed by atoms with E-state index in [1.807, 2.05) is 0 Å². The Morgan fingerprint density at radius 3 is 2.45 bits per heavy atom. The molecule has 3 rings (SSSR count). The van der Waals surface area contributed by atoms with E-state index in [9.17, 15) is 18.3 Å². The Bertz CT molecular complexity index is 663. The lowest BCUT2D eigenvalue weighted by atomic mass is 10.1. The molecule has 0 amide bonds. The van der Waals surface area contributed by atoms with Crippen LogP contribution in [0.3, 0.4) is 0 Å². The highest BCUT2D eigenvalue weighted by molar-refractivity contribution is 7.89. The minimum Gasteiger partial charge on any atom is -0.481 e. The van der Waals surface area contributed by atoms with E-state index in [2.05, 4.69) is 0 Å². The van der Waals surface area contributed by atoms with Crippen LogP contribution in [-0.2, 0) is 27.7 Å². The van der Waals surface area contributed by atoms with Gasteiger partial charge in [-0.2, -0.15) is 4.31 Å². The first kappa shape index (κ1) is 13.5. The normalized spacial score (nSPS) is 23.4. The summed E-state index contributed by atoms with van der Waals surface area (Å²) < 4.78 is 25.8. The molecule has 6 nitrogen and oxygen atoms in total. The molecule has 1 aliphatic carbocycles. The summed E-state index contributed by atoms with van der Waals surface area (Å²) in [4.78, 5) is 11.2.